The fourth-order valence-corrected chi connectivity index (χ4v) is 3.89. The van der Waals surface area contributed by atoms with E-state index in [0.717, 1.165) is 5.76 Å². The number of fused-ring (bicyclic) bond motifs is 1. The van der Waals surface area contributed by atoms with Gasteiger partial charge in [-0.05, 0) is 37.1 Å². The Labute approximate surface area is 174 Å². The highest BCUT2D eigenvalue weighted by molar-refractivity contribution is 5.98. The van der Waals surface area contributed by atoms with Gasteiger partial charge in [0.15, 0.2) is 6.61 Å². The normalized spacial score (nSPS) is 16.7. The van der Waals surface area contributed by atoms with E-state index < -0.39 is 0 Å². The Balaban J connectivity index is 1.24. The van der Waals surface area contributed by atoms with Gasteiger partial charge in [0.2, 0.25) is 11.8 Å². The molecule has 0 aliphatic carbocycles. The molecule has 3 amide bonds. The van der Waals surface area contributed by atoms with Gasteiger partial charge in [-0.15, -0.1) is 0 Å². The SMILES string of the molecule is O=C(NCc1ccco1)C1CCN(C(=O)CCN2C(=O)COc3ccccc32)CC1. The van der Waals surface area contributed by atoms with Gasteiger partial charge in [0.25, 0.3) is 5.91 Å². The van der Waals surface area contributed by atoms with Crippen LogP contribution in [0.25, 0.3) is 0 Å². The summed E-state index contributed by atoms with van der Waals surface area (Å²) in [7, 11) is 0. The molecule has 158 valence electrons. The predicted molar refractivity (Wildman–Crippen MR) is 109 cm³/mol. The topological polar surface area (TPSA) is 92.1 Å². The van der Waals surface area contributed by atoms with Crippen molar-refractivity contribution in [2.75, 3.05) is 31.1 Å². The van der Waals surface area contributed by atoms with Crippen molar-refractivity contribution in [3.63, 3.8) is 0 Å². The van der Waals surface area contributed by atoms with Crippen LogP contribution in [0.1, 0.15) is 25.0 Å². The molecule has 0 radical (unpaired) electrons. The quantitative estimate of drug-likeness (QED) is 0.784. The minimum Gasteiger partial charge on any atom is -0.482 e. The summed E-state index contributed by atoms with van der Waals surface area (Å²) in [5.74, 6) is 1.13. The molecular formula is C22H25N3O5. The Kier molecular flexibility index (Phi) is 6.02. The fraction of sp³-hybridized carbons (Fsp3) is 0.409. The molecule has 2 aliphatic heterocycles. The molecule has 0 atom stereocenters. The molecule has 0 saturated carbocycles. The Bertz CT molecular complexity index is 903. The number of likely N-dealkylation sites (tertiary alicyclic amines) is 1. The van der Waals surface area contributed by atoms with Gasteiger partial charge in [0.1, 0.15) is 11.5 Å². The van der Waals surface area contributed by atoms with Crippen LogP contribution < -0.4 is 15.0 Å². The van der Waals surface area contributed by atoms with Crippen LogP contribution in [0.2, 0.25) is 0 Å². The van der Waals surface area contributed by atoms with Crippen molar-refractivity contribution in [3.05, 3.63) is 48.4 Å². The van der Waals surface area contributed by atoms with E-state index in [-0.39, 0.29) is 36.7 Å². The maximum absolute atomic E-state index is 12.7. The number of piperidine rings is 1. The number of para-hydroxylation sites is 2. The zero-order chi connectivity index (χ0) is 20.9. The van der Waals surface area contributed by atoms with E-state index in [1.54, 1.807) is 22.1 Å². The van der Waals surface area contributed by atoms with E-state index in [0.29, 0.717) is 50.5 Å². The first-order valence-corrected chi connectivity index (χ1v) is 10.2. The molecule has 3 heterocycles. The van der Waals surface area contributed by atoms with Crippen molar-refractivity contribution in [2.24, 2.45) is 5.92 Å². The Hall–Kier alpha value is -3.29. The van der Waals surface area contributed by atoms with Crippen molar-refractivity contribution in [2.45, 2.75) is 25.8 Å². The molecule has 0 spiro atoms. The van der Waals surface area contributed by atoms with Crippen molar-refractivity contribution in [3.8, 4) is 5.75 Å². The van der Waals surface area contributed by atoms with Gasteiger partial charge in [-0.3, -0.25) is 14.4 Å². The zero-order valence-corrected chi connectivity index (χ0v) is 16.7. The highest BCUT2D eigenvalue weighted by atomic mass is 16.5. The summed E-state index contributed by atoms with van der Waals surface area (Å²) in [6.45, 7) is 1.78. The average Bonchev–Trinajstić information content (AvgIpc) is 3.30. The minimum atomic E-state index is -0.145. The first-order valence-electron chi connectivity index (χ1n) is 10.2. The largest absolute Gasteiger partial charge is 0.482 e. The van der Waals surface area contributed by atoms with Gasteiger partial charge in [0, 0.05) is 32.0 Å². The lowest BCUT2D eigenvalue weighted by Crippen LogP contribution is -2.45. The molecule has 1 N–H and O–H groups in total. The number of anilines is 1. The lowest BCUT2D eigenvalue weighted by molar-refractivity contribution is -0.135. The number of carbonyl (C=O) groups excluding carboxylic acids is 3. The van der Waals surface area contributed by atoms with E-state index in [1.165, 1.54) is 0 Å². The third-order valence-electron chi connectivity index (χ3n) is 5.59. The van der Waals surface area contributed by atoms with Gasteiger partial charge in [0.05, 0.1) is 18.5 Å². The van der Waals surface area contributed by atoms with E-state index in [4.69, 9.17) is 9.15 Å². The fourth-order valence-electron chi connectivity index (χ4n) is 3.89. The molecule has 8 heteroatoms. The first kappa shape index (κ1) is 20.0. The number of amides is 3. The van der Waals surface area contributed by atoms with Gasteiger partial charge in [-0.25, -0.2) is 0 Å². The van der Waals surface area contributed by atoms with Gasteiger partial charge >= 0.3 is 0 Å². The van der Waals surface area contributed by atoms with Gasteiger partial charge in [-0.1, -0.05) is 12.1 Å². The van der Waals surface area contributed by atoms with Crippen molar-refractivity contribution in [1.29, 1.82) is 0 Å². The molecule has 1 aromatic heterocycles. The molecule has 1 aromatic carbocycles. The lowest BCUT2D eigenvalue weighted by Gasteiger charge is -2.33. The smallest absolute Gasteiger partial charge is 0.265 e. The number of hydrogen-bond acceptors (Lipinski definition) is 5. The van der Waals surface area contributed by atoms with E-state index in [9.17, 15) is 14.4 Å². The molecule has 2 aromatic rings. The third kappa shape index (κ3) is 4.48. The van der Waals surface area contributed by atoms with E-state index in [2.05, 4.69) is 5.32 Å². The molecule has 1 saturated heterocycles. The number of ether oxygens (including phenoxy) is 1. The molecule has 4 rings (SSSR count). The second-order valence-corrected chi connectivity index (χ2v) is 7.50. The molecular weight excluding hydrogens is 386 g/mol. The van der Waals surface area contributed by atoms with Crippen LogP contribution >= 0.6 is 0 Å². The number of furan rings is 1. The summed E-state index contributed by atoms with van der Waals surface area (Å²) >= 11 is 0. The van der Waals surface area contributed by atoms with Crippen LogP contribution in [-0.2, 0) is 20.9 Å². The van der Waals surface area contributed by atoms with Crippen LogP contribution in [0.3, 0.4) is 0 Å². The summed E-state index contributed by atoms with van der Waals surface area (Å²) in [4.78, 5) is 40.6. The Morgan fingerprint density at radius 2 is 1.90 bits per heavy atom. The number of nitrogens with one attached hydrogen (secondary N) is 1. The lowest BCUT2D eigenvalue weighted by atomic mass is 9.95. The van der Waals surface area contributed by atoms with Gasteiger partial charge in [-0.2, -0.15) is 0 Å². The maximum Gasteiger partial charge on any atom is 0.265 e. The predicted octanol–water partition coefficient (Wildman–Crippen LogP) is 1.95. The number of carbonyl (C=O) groups is 3. The standard InChI is InChI=1S/C22H25N3O5/c26-20(9-12-25-18-5-1-2-6-19(18)30-15-21(25)27)24-10-7-16(8-11-24)22(28)23-14-17-4-3-13-29-17/h1-6,13,16H,7-12,14-15H2,(H,23,28). The molecule has 0 bridgehead atoms. The summed E-state index contributed by atoms with van der Waals surface area (Å²) < 4.78 is 10.7. The second-order valence-electron chi connectivity index (χ2n) is 7.50. The van der Waals surface area contributed by atoms with Gasteiger partial charge < -0.3 is 24.3 Å². The highest BCUT2D eigenvalue weighted by Gasteiger charge is 2.29. The molecule has 2 aliphatic rings. The second kappa shape index (κ2) is 9.02. The number of nitrogens with zero attached hydrogens (tertiary/aromatic N) is 2. The molecule has 1 fully saturated rings. The molecule has 0 unspecified atom stereocenters. The summed E-state index contributed by atoms with van der Waals surface area (Å²) in [5, 5.41) is 2.89. The van der Waals surface area contributed by atoms with Crippen LogP contribution in [0.4, 0.5) is 5.69 Å². The van der Waals surface area contributed by atoms with Crippen molar-refractivity contribution < 1.29 is 23.5 Å². The summed E-state index contributed by atoms with van der Waals surface area (Å²) in [5.41, 5.74) is 0.702. The van der Waals surface area contributed by atoms with Crippen LogP contribution in [0, 0.1) is 5.92 Å². The summed E-state index contributed by atoms with van der Waals surface area (Å²) in [6, 6.07) is 10.9. The highest BCUT2D eigenvalue weighted by Crippen LogP contribution is 2.31. The first-order chi connectivity index (χ1) is 14.6. The Morgan fingerprint density at radius 1 is 1.10 bits per heavy atom. The number of hydrogen-bond donors (Lipinski definition) is 1. The van der Waals surface area contributed by atoms with Crippen LogP contribution in [0.15, 0.2) is 47.1 Å². The van der Waals surface area contributed by atoms with E-state index in [1.807, 2.05) is 30.3 Å². The maximum atomic E-state index is 12.7. The van der Waals surface area contributed by atoms with Crippen molar-refractivity contribution in [1.82, 2.24) is 10.2 Å². The minimum absolute atomic E-state index is 0.00113. The molecule has 30 heavy (non-hydrogen) atoms. The molecule has 8 nitrogen and oxygen atoms in total. The zero-order valence-electron chi connectivity index (χ0n) is 16.7. The van der Waals surface area contributed by atoms with Crippen LogP contribution in [-0.4, -0.2) is 48.9 Å². The number of benzene rings is 1. The average molecular weight is 411 g/mol. The van der Waals surface area contributed by atoms with Crippen molar-refractivity contribution >= 4 is 23.4 Å². The van der Waals surface area contributed by atoms with Crippen LogP contribution in [0.5, 0.6) is 5.75 Å². The number of rotatable bonds is 6. The summed E-state index contributed by atoms with van der Waals surface area (Å²) in [6.07, 6.45) is 3.09. The Morgan fingerprint density at radius 3 is 2.67 bits per heavy atom. The van der Waals surface area contributed by atoms with E-state index >= 15 is 0 Å². The monoisotopic (exact) mass is 411 g/mol. The third-order valence-corrected chi connectivity index (χ3v) is 5.59.